The molecule has 0 radical (unpaired) electrons. The van der Waals surface area contributed by atoms with E-state index in [-0.39, 0.29) is 11.3 Å². The number of para-hydroxylation sites is 1. The number of aryl methyl sites for hydroxylation is 1. The van der Waals surface area contributed by atoms with E-state index >= 15 is 0 Å². The number of nitro benzene ring substituents is 1. The van der Waals surface area contributed by atoms with Crippen molar-refractivity contribution in [1.82, 2.24) is 5.32 Å². The monoisotopic (exact) mass is 268 g/mol. The van der Waals surface area contributed by atoms with Crippen LogP contribution in [0.15, 0.2) is 18.2 Å². The summed E-state index contributed by atoms with van der Waals surface area (Å²) in [5.74, 6) is -0.707. The molecule has 0 aliphatic carbocycles. The number of nitro groups is 1. The van der Waals surface area contributed by atoms with E-state index in [4.69, 9.17) is 10.2 Å². The molecular formula is C12H16N2O5. The average molecular weight is 268 g/mol. The Kier molecular flexibility index (Phi) is 4.57. The summed E-state index contributed by atoms with van der Waals surface area (Å²) in [6.45, 7) is 2.02. The summed E-state index contributed by atoms with van der Waals surface area (Å²) < 4.78 is 0. The first-order valence-electron chi connectivity index (χ1n) is 5.63. The van der Waals surface area contributed by atoms with Crippen LogP contribution in [-0.2, 0) is 0 Å². The smallest absolute Gasteiger partial charge is 0.285 e. The third kappa shape index (κ3) is 3.27. The SMILES string of the molecule is Cc1cccc(C(=O)NC(C)(CO)CO)c1[N+](=O)[O-]. The first-order valence-corrected chi connectivity index (χ1v) is 5.63. The van der Waals surface area contributed by atoms with Crippen molar-refractivity contribution in [3.05, 3.63) is 39.4 Å². The lowest BCUT2D eigenvalue weighted by Gasteiger charge is -2.26. The Balaban J connectivity index is 3.14. The second kappa shape index (κ2) is 5.77. The molecule has 0 aliphatic heterocycles. The van der Waals surface area contributed by atoms with Crippen molar-refractivity contribution in [2.75, 3.05) is 13.2 Å². The maximum atomic E-state index is 12.0. The van der Waals surface area contributed by atoms with Crippen LogP contribution in [0, 0.1) is 17.0 Å². The summed E-state index contributed by atoms with van der Waals surface area (Å²) >= 11 is 0. The van der Waals surface area contributed by atoms with Gasteiger partial charge in [-0.1, -0.05) is 12.1 Å². The van der Waals surface area contributed by atoms with Crippen LogP contribution in [0.3, 0.4) is 0 Å². The predicted octanol–water partition coefficient (Wildman–Crippen LogP) is 0.376. The Bertz CT molecular complexity index is 497. The molecule has 0 bridgehead atoms. The Hall–Kier alpha value is -1.99. The molecule has 0 atom stereocenters. The second-order valence-corrected chi connectivity index (χ2v) is 4.56. The van der Waals surface area contributed by atoms with E-state index in [1.807, 2.05) is 0 Å². The van der Waals surface area contributed by atoms with E-state index in [9.17, 15) is 14.9 Å². The van der Waals surface area contributed by atoms with E-state index in [1.165, 1.54) is 32.0 Å². The molecule has 1 aromatic carbocycles. The van der Waals surface area contributed by atoms with Crippen LogP contribution in [0.1, 0.15) is 22.8 Å². The van der Waals surface area contributed by atoms with Crippen molar-refractivity contribution in [3.8, 4) is 0 Å². The quantitative estimate of drug-likeness (QED) is 0.527. The van der Waals surface area contributed by atoms with E-state index < -0.39 is 29.6 Å². The average Bonchev–Trinajstić information content (AvgIpc) is 2.37. The number of benzene rings is 1. The van der Waals surface area contributed by atoms with Gasteiger partial charge in [-0.2, -0.15) is 0 Å². The molecule has 0 aromatic heterocycles. The van der Waals surface area contributed by atoms with E-state index in [2.05, 4.69) is 5.32 Å². The number of hydrogen-bond donors (Lipinski definition) is 3. The molecular weight excluding hydrogens is 252 g/mol. The van der Waals surface area contributed by atoms with E-state index in [0.29, 0.717) is 5.56 Å². The second-order valence-electron chi connectivity index (χ2n) is 4.56. The molecule has 0 spiro atoms. The van der Waals surface area contributed by atoms with Gasteiger partial charge in [-0.3, -0.25) is 14.9 Å². The number of nitrogens with one attached hydrogen (secondary N) is 1. The minimum absolute atomic E-state index is 0.0990. The highest BCUT2D eigenvalue weighted by atomic mass is 16.6. The Morgan fingerprint density at radius 2 is 2.00 bits per heavy atom. The van der Waals surface area contributed by atoms with Gasteiger partial charge in [0.15, 0.2) is 0 Å². The lowest BCUT2D eigenvalue weighted by Crippen LogP contribution is -2.51. The number of amides is 1. The van der Waals surface area contributed by atoms with Crippen LogP contribution in [0.4, 0.5) is 5.69 Å². The van der Waals surface area contributed by atoms with Crippen molar-refractivity contribution < 1.29 is 19.9 Å². The van der Waals surface area contributed by atoms with Gasteiger partial charge in [0.1, 0.15) is 5.56 Å². The van der Waals surface area contributed by atoms with Gasteiger partial charge >= 0.3 is 0 Å². The Morgan fingerprint density at radius 3 is 2.47 bits per heavy atom. The van der Waals surface area contributed by atoms with Crippen LogP contribution >= 0.6 is 0 Å². The summed E-state index contributed by atoms with van der Waals surface area (Å²) in [6.07, 6.45) is 0. The lowest BCUT2D eigenvalue weighted by atomic mass is 10.0. The molecule has 0 unspecified atom stereocenters. The zero-order valence-electron chi connectivity index (χ0n) is 10.7. The maximum Gasteiger partial charge on any atom is 0.285 e. The fraction of sp³-hybridized carbons (Fsp3) is 0.417. The molecule has 1 amide bonds. The summed E-state index contributed by atoms with van der Waals surface area (Å²) in [5, 5.41) is 31.6. The van der Waals surface area contributed by atoms with Gasteiger partial charge < -0.3 is 15.5 Å². The summed E-state index contributed by atoms with van der Waals surface area (Å²) in [4.78, 5) is 22.4. The number of nitrogens with zero attached hydrogens (tertiary/aromatic N) is 1. The number of carbonyl (C=O) groups is 1. The molecule has 19 heavy (non-hydrogen) atoms. The molecule has 7 nitrogen and oxygen atoms in total. The van der Waals surface area contributed by atoms with Crippen molar-refractivity contribution >= 4 is 11.6 Å². The van der Waals surface area contributed by atoms with Crippen molar-refractivity contribution in [3.63, 3.8) is 0 Å². The van der Waals surface area contributed by atoms with Gasteiger partial charge in [-0.05, 0) is 19.9 Å². The lowest BCUT2D eigenvalue weighted by molar-refractivity contribution is -0.385. The highest BCUT2D eigenvalue weighted by molar-refractivity contribution is 5.99. The van der Waals surface area contributed by atoms with E-state index in [1.54, 1.807) is 0 Å². The molecule has 3 N–H and O–H groups in total. The summed E-state index contributed by atoms with van der Waals surface area (Å²) in [7, 11) is 0. The third-order valence-electron chi connectivity index (χ3n) is 2.78. The van der Waals surface area contributed by atoms with Gasteiger partial charge in [-0.15, -0.1) is 0 Å². The molecule has 1 aromatic rings. The molecule has 1 rings (SSSR count). The van der Waals surface area contributed by atoms with Gasteiger partial charge in [0.05, 0.1) is 23.7 Å². The highest BCUT2D eigenvalue weighted by Crippen LogP contribution is 2.23. The number of aliphatic hydroxyl groups is 2. The molecule has 0 saturated heterocycles. The van der Waals surface area contributed by atoms with Gasteiger partial charge in [0.25, 0.3) is 11.6 Å². The summed E-state index contributed by atoms with van der Waals surface area (Å²) in [6, 6.07) is 4.40. The van der Waals surface area contributed by atoms with Crippen LogP contribution in [0.2, 0.25) is 0 Å². The molecule has 0 aliphatic rings. The zero-order valence-corrected chi connectivity index (χ0v) is 10.7. The largest absolute Gasteiger partial charge is 0.394 e. The van der Waals surface area contributed by atoms with Gasteiger partial charge in [-0.25, -0.2) is 0 Å². The molecule has 7 heteroatoms. The third-order valence-corrected chi connectivity index (χ3v) is 2.78. The Labute approximate surface area is 110 Å². The molecule has 0 saturated carbocycles. The standard InChI is InChI=1S/C12H16N2O5/c1-8-4-3-5-9(10(8)14(18)19)11(17)13-12(2,6-15)7-16/h3-5,15-16H,6-7H2,1-2H3,(H,13,17). The topological polar surface area (TPSA) is 113 Å². The predicted molar refractivity (Wildman–Crippen MR) is 67.9 cm³/mol. The fourth-order valence-corrected chi connectivity index (χ4v) is 1.56. The molecule has 0 fully saturated rings. The normalized spacial score (nSPS) is 11.2. The van der Waals surface area contributed by atoms with Crippen LogP contribution in [0.5, 0.6) is 0 Å². The van der Waals surface area contributed by atoms with Crippen molar-refractivity contribution in [2.45, 2.75) is 19.4 Å². The first kappa shape index (κ1) is 15.1. The summed E-state index contributed by atoms with van der Waals surface area (Å²) in [5.41, 5.74) is -1.24. The fourth-order valence-electron chi connectivity index (χ4n) is 1.56. The highest BCUT2D eigenvalue weighted by Gasteiger charge is 2.29. The maximum absolute atomic E-state index is 12.0. The number of rotatable bonds is 5. The minimum atomic E-state index is -1.23. The number of aliphatic hydroxyl groups excluding tert-OH is 2. The van der Waals surface area contributed by atoms with Gasteiger partial charge in [0, 0.05) is 5.56 Å². The van der Waals surface area contributed by atoms with Crippen LogP contribution in [-0.4, -0.2) is 39.8 Å². The molecule has 104 valence electrons. The molecule has 0 heterocycles. The van der Waals surface area contributed by atoms with Crippen LogP contribution < -0.4 is 5.32 Å². The Morgan fingerprint density at radius 1 is 1.42 bits per heavy atom. The van der Waals surface area contributed by atoms with Gasteiger partial charge in [0.2, 0.25) is 0 Å². The minimum Gasteiger partial charge on any atom is -0.394 e. The van der Waals surface area contributed by atoms with Crippen LogP contribution in [0.25, 0.3) is 0 Å². The van der Waals surface area contributed by atoms with Crippen molar-refractivity contribution in [1.29, 1.82) is 0 Å². The van der Waals surface area contributed by atoms with Crippen molar-refractivity contribution in [2.24, 2.45) is 0 Å². The first-order chi connectivity index (χ1) is 8.84. The number of hydrogen-bond acceptors (Lipinski definition) is 5. The zero-order chi connectivity index (χ0) is 14.6. The number of carbonyl (C=O) groups excluding carboxylic acids is 1. The van der Waals surface area contributed by atoms with E-state index in [0.717, 1.165) is 0 Å².